The number of hydrogen-bond acceptors (Lipinski definition) is 0. The molecule has 0 aliphatic heterocycles. The van der Waals surface area contributed by atoms with E-state index in [0.29, 0.717) is 0 Å². The summed E-state index contributed by atoms with van der Waals surface area (Å²) in [5, 5.41) is 1.43. The fourth-order valence-corrected chi connectivity index (χ4v) is 2.54. The first-order valence-corrected chi connectivity index (χ1v) is 8.68. The number of unbranched alkanes of at least 4 members (excludes halogenated alkanes) is 8. The van der Waals surface area contributed by atoms with Crippen LogP contribution in [0.1, 0.15) is 78.1 Å². The van der Waals surface area contributed by atoms with Crippen molar-refractivity contribution in [2.75, 3.05) is 0 Å². The van der Waals surface area contributed by atoms with E-state index in [1.807, 2.05) is 16.9 Å². The summed E-state index contributed by atoms with van der Waals surface area (Å²) in [5.74, 6) is 0.903. The monoisotopic (exact) mass is 274 g/mol. The van der Waals surface area contributed by atoms with Crippen molar-refractivity contribution in [1.29, 1.82) is 0 Å². The van der Waals surface area contributed by atoms with Crippen LogP contribution in [0.15, 0.2) is 0 Å². The van der Waals surface area contributed by atoms with Gasteiger partial charge in [0, 0.05) is 0 Å². The predicted molar refractivity (Wildman–Crippen MR) is 74.4 cm³/mol. The van der Waals surface area contributed by atoms with Gasteiger partial charge in [-0.2, -0.15) is 0 Å². The van der Waals surface area contributed by atoms with Gasteiger partial charge < -0.3 is 0 Å². The molecule has 1 atom stereocenters. The Morgan fingerprint density at radius 3 is 1.47 bits per heavy atom. The van der Waals surface area contributed by atoms with Crippen LogP contribution >= 0.6 is 0 Å². The molecular weight excluding hydrogens is 243 g/mol. The average molecular weight is 274 g/mol. The van der Waals surface area contributed by atoms with Gasteiger partial charge in [-0.3, -0.25) is 0 Å². The molecule has 0 N–H and O–H groups in total. The maximum absolute atomic E-state index is 2.33. The standard InChI is InChI=1S/C14H31As/c1-14(2)12-10-8-6-4-3-5-7-9-11-13-15/h14H,3-13,15H2,1-2H3. The third-order valence-electron chi connectivity index (χ3n) is 2.99. The fourth-order valence-electron chi connectivity index (χ4n) is 1.93. The third-order valence-corrected chi connectivity index (χ3v) is 3.84. The van der Waals surface area contributed by atoms with Crippen LogP contribution in [0, 0.1) is 5.92 Å². The summed E-state index contributed by atoms with van der Waals surface area (Å²) in [6, 6.07) is 0. The van der Waals surface area contributed by atoms with Crippen LogP contribution in [0.25, 0.3) is 0 Å². The Kier molecular flexibility index (Phi) is 13.1. The summed E-state index contributed by atoms with van der Waals surface area (Å²) >= 11 is 1.89. The zero-order valence-corrected chi connectivity index (χ0v) is 13.4. The van der Waals surface area contributed by atoms with E-state index in [0.717, 1.165) is 5.92 Å². The van der Waals surface area contributed by atoms with Crippen LogP contribution in [0.3, 0.4) is 0 Å². The quantitative estimate of drug-likeness (QED) is 0.382. The van der Waals surface area contributed by atoms with Gasteiger partial charge in [0.1, 0.15) is 0 Å². The number of hydrogen-bond donors (Lipinski definition) is 0. The second-order valence-corrected chi connectivity index (χ2v) is 6.36. The molecule has 0 aliphatic rings. The van der Waals surface area contributed by atoms with Crippen molar-refractivity contribution in [3.05, 3.63) is 0 Å². The Labute approximate surface area is 106 Å². The molecule has 0 nitrogen and oxygen atoms in total. The Morgan fingerprint density at radius 2 is 1.07 bits per heavy atom. The van der Waals surface area contributed by atoms with E-state index in [4.69, 9.17) is 0 Å². The minimum absolute atomic E-state index is 0.903. The molecule has 1 unspecified atom stereocenters. The van der Waals surface area contributed by atoms with E-state index < -0.39 is 0 Å². The van der Waals surface area contributed by atoms with Gasteiger partial charge >= 0.3 is 92.2 Å². The van der Waals surface area contributed by atoms with E-state index in [2.05, 4.69) is 13.8 Å². The zero-order chi connectivity index (χ0) is 11.4. The van der Waals surface area contributed by atoms with Gasteiger partial charge in [0.05, 0.1) is 0 Å². The van der Waals surface area contributed by atoms with Crippen LogP contribution in [-0.2, 0) is 0 Å². The first-order valence-electron chi connectivity index (χ1n) is 6.97. The van der Waals surface area contributed by atoms with Crippen molar-refractivity contribution in [1.82, 2.24) is 0 Å². The Morgan fingerprint density at radius 1 is 0.667 bits per heavy atom. The fraction of sp³-hybridized carbons (Fsp3) is 1.00. The van der Waals surface area contributed by atoms with Crippen molar-refractivity contribution >= 4 is 16.9 Å². The zero-order valence-electron chi connectivity index (χ0n) is 10.9. The average Bonchev–Trinajstić information content (AvgIpc) is 2.20. The maximum atomic E-state index is 2.33. The summed E-state index contributed by atoms with van der Waals surface area (Å²) in [6.45, 7) is 4.66. The van der Waals surface area contributed by atoms with E-state index in [1.54, 1.807) is 0 Å². The SMILES string of the molecule is CC(C)CCCCCCCCCCC[AsH2]. The molecule has 0 aliphatic carbocycles. The van der Waals surface area contributed by atoms with E-state index in [9.17, 15) is 0 Å². The Balaban J connectivity index is 2.87. The summed E-state index contributed by atoms with van der Waals surface area (Å²) in [5.41, 5.74) is 0. The van der Waals surface area contributed by atoms with Gasteiger partial charge in [-0.1, -0.05) is 13.8 Å². The summed E-state index contributed by atoms with van der Waals surface area (Å²) in [7, 11) is 0. The predicted octanol–water partition coefficient (Wildman–Crippen LogP) is 4.59. The van der Waals surface area contributed by atoms with Crippen LogP contribution in [-0.4, -0.2) is 16.9 Å². The molecular formula is C14H31As. The molecule has 0 spiro atoms. The molecule has 0 fully saturated rings. The van der Waals surface area contributed by atoms with Gasteiger partial charge in [0.25, 0.3) is 0 Å². The Bertz CT molecular complexity index is 110. The van der Waals surface area contributed by atoms with Crippen LogP contribution in [0.2, 0.25) is 5.21 Å². The molecule has 0 rings (SSSR count). The van der Waals surface area contributed by atoms with Gasteiger partial charge in [-0.15, -0.1) is 0 Å². The molecule has 0 heterocycles. The summed E-state index contributed by atoms with van der Waals surface area (Å²) in [4.78, 5) is 0. The molecule has 0 bridgehead atoms. The van der Waals surface area contributed by atoms with Crippen molar-refractivity contribution in [2.24, 2.45) is 5.92 Å². The molecule has 0 amide bonds. The van der Waals surface area contributed by atoms with Crippen LogP contribution in [0.4, 0.5) is 0 Å². The van der Waals surface area contributed by atoms with Gasteiger partial charge in [0.15, 0.2) is 0 Å². The van der Waals surface area contributed by atoms with Gasteiger partial charge in [-0.25, -0.2) is 0 Å². The molecule has 0 aromatic carbocycles. The number of rotatable bonds is 11. The molecule has 0 aromatic rings. The van der Waals surface area contributed by atoms with E-state index in [-0.39, 0.29) is 0 Å². The van der Waals surface area contributed by atoms with Gasteiger partial charge in [0.2, 0.25) is 0 Å². The molecule has 0 radical (unpaired) electrons. The van der Waals surface area contributed by atoms with Crippen molar-refractivity contribution < 1.29 is 0 Å². The first kappa shape index (κ1) is 15.6. The van der Waals surface area contributed by atoms with Crippen LogP contribution in [0.5, 0.6) is 0 Å². The minimum atomic E-state index is 0.903. The van der Waals surface area contributed by atoms with Crippen molar-refractivity contribution in [3.63, 3.8) is 0 Å². The third kappa shape index (κ3) is 14.6. The molecule has 1 heteroatoms. The molecule has 15 heavy (non-hydrogen) atoms. The van der Waals surface area contributed by atoms with Crippen molar-refractivity contribution in [2.45, 2.75) is 83.3 Å². The first-order chi connectivity index (χ1) is 7.27. The molecule has 92 valence electrons. The Hall–Kier alpha value is 0.558. The molecule has 0 saturated heterocycles. The van der Waals surface area contributed by atoms with E-state index in [1.165, 1.54) is 69.4 Å². The second-order valence-electron chi connectivity index (χ2n) is 5.15. The second kappa shape index (κ2) is 12.6. The molecule has 0 saturated carbocycles. The summed E-state index contributed by atoms with van der Waals surface area (Å²) < 4.78 is 0. The summed E-state index contributed by atoms with van der Waals surface area (Å²) in [6.07, 6.45) is 14.7. The topological polar surface area (TPSA) is 0 Å². The van der Waals surface area contributed by atoms with Crippen LogP contribution < -0.4 is 0 Å². The van der Waals surface area contributed by atoms with Crippen molar-refractivity contribution in [3.8, 4) is 0 Å². The normalized spacial score (nSPS) is 11.2. The van der Waals surface area contributed by atoms with Gasteiger partial charge in [-0.05, 0) is 0 Å². The van der Waals surface area contributed by atoms with E-state index >= 15 is 0 Å². The molecule has 0 aromatic heterocycles.